The van der Waals surface area contributed by atoms with E-state index in [9.17, 15) is 19.2 Å². The molecule has 206 valence electrons. The minimum absolute atomic E-state index is 0.146. The molecule has 0 aliphatic carbocycles. The predicted octanol–water partition coefficient (Wildman–Crippen LogP) is 4.88. The van der Waals surface area contributed by atoms with E-state index in [2.05, 4.69) is 10.6 Å². The lowest BCUT2D eigenvalue weighted by molar-refractivity contribution is -0.120. The fraction of sp³-hybridized carbons (Fsp3) is 0.172. The summed E-state index contributed by atoms with van der Waals surface area (Å²) in [5.74, 6) is -1.65. The first-order valence-corrected chi connectivity index (χ1v) is 12.5. The van der Waals surface area contributed by atoms with Crippen molar-refractivity contribution < 1.29 is 33.4 Å². The molecule has 0 saturated heterocycles. The standard InChI is InChI=1S/C29H26ClN3O7/c1-5-40-29(37)18-7-6-8-19(13-18)31-26(34)17-10-9-16(2)21(14-17)32-25-24(30)27(35)33(28(25)36)22-12-11-20(38-3)15-23(22)39-4/h6-15,32H,5H2,1-4H3,(H,31,34). The summed E-state index contributed by atoms with van der Waals surface area (Å²) in [5, 5.41) is 5.36. The lowest BCUT2D eigenvalue weighted by Crippen LogP contribution is -2.32. The van der Waals surface area contributed by atoms with E-state index in [1.54, 1.807) is 56.3 Å². The van der Waals surface area contributed by atoms with Crippen molar-refractivity contribution in [1.29, 1.82) is 0 Å². The fourth-order valence-corrected chi connectivity index (χ4v) is 4.19. The molecule has 0 unspecified atom stereocenters. The number of amides is 3. The van der Waals surface area contributed by atoms with Crippen LogP contribution < -0.4 is 25.0 Å². The van der Waals surface area contributed by atoms with Gasteiger partial charge in [-0.1, -0.05) is 23.7 Å². The maximum atomic E-state index is 13.4. The van der Waals surface area contributed by atoms with Crippen LogP contribution in [0.4, 0.5) is 17.1 Å². The molecule has 11 heteroatoms. The number of rotatable bonds is 9. The Balaban J connectivity index is 1.57. The number of nitrogens with zero attached hydrogens (tertiary/aromatic N) is 1. The lowest BCUT2D eigenvalue weighted by atomic mass is 10.1. The number of hydrogen-bond donors (Lipinski definition) is 2. The van der Waals surface area contributed by atoms with E-state index in [0.717, 1.165) is 4.90 Å². The molecule has 0 spiro atoms. The first-order chi connectivity index (χ1) is 19.2. The highest BCUT2D eigenvalue weighted by Crippen LogP contribution is 2.38. The van der Waals surface area contributed by atoms with Crippen molar-refractivity contribution in [3.63, 3.8) is 0 Å². The highest BCUT2D eigenvalue weighted by Gasteiger charge is 2.40. The lowest BCUT2D eigenvalue weighted by Gasteiger charge is -2.19. The molecule has 0 atom stereocenters. The molecule has 1 heterocycles. The topological polar surface area (TPSA) is 123 Å². The van der Waals surface area contributed by atoms with Crippen molar-refractivity contribution in [1.82, 2.24) is 0 Å². The number of carbonyl (C=O) groups excluding carboxylic acids is 4. The third-order valence-electron chi connectivity index (χ3n) is 6.05. The average molecular weight is 564 g/mol. The number of benzene rings is 3. The van der Waals surface area contributed by atoms with Gasteiger partial charge < -0.3 is 24.8 Å². The molecule has 1 aliphatic rings. The monoisotopic (exact) mass is 563 g/mol. The molecule has 10 nitrogen and oxygen atoms in total. The molecule has 0 radical (unpaired) electrons. The van der Waals surface area contributed by atoms with Gasteiger partial charge in [-0.25, -0.2) is 9.69 Å². The molecule has 0 bridgehead atoms. The molecule has 2 N–H and O–H groups in total. The Morgan fingerprint density at radius 2 is 1.70 bits per heavy atom. The molecule has 3 aromatic carbocycles. The summed E-state index contributed by atoms with van der Waals surface area (Å²) in [6.07, 6.45) is 0. The number of methoxy groups -OCH3 is 2. The minimum atomic E-state index is -0.731. The first-order valence-electron chi connectivity index (χ1n) is 12.1. The van der Waals surface area contributed by atoms with Crippen molar-refractivity contribution in [3.05, 3.63) is 88.1 Å². The minimum Gasteiger partial charge on any atom is -0.497 e. The Hall–Kier alpha value is -4.83. The van der Waals surface area contributed by atoms with Crippen LogP contribution in [0.15, 0.2) is 71.4 Å². The van der Waals surface area contributed by atoms with E-state index < -0.39 is 23.7 Å². The molecular weight excluding hydrogens is 538 g/mol. The number of carbonyl (C=O) groups is 4. The maximum absolute atomic E-state index is 13.4. The Kier molecular flexibility index (Phi) is 8.40. The number of aryl methyl sites for hydroxylation is 1. The molecule has 40 heavy (non-hydrogen) atoms. The Bertz CT molecular complexity index is 1550. The second-order valence-corrected chi connectivity index (χ2v) is 8.96. The molecule has 0 fully saturated rings. The second kappa shape index (κ2) is 11.9. The van der Waals surface area contributed by atoms with Gasteiger partial charge >= 0.3 is 5.97 Å². The number of ether oxygens (including phenoxy) is 3. The number of anilines is 3. The van der Waals surface area contributed by atoms with Gasteiger partial charge in [0, 0.05) is 23.0 Å². The van der Waals surface area contributed by atoms with E-state index in [1.807, 2.05) is 0 Å². The summed E-state index contributed by atoms with van der Waals surface area (Å²) in [6, 6.07) is 15.9. The van der Waals surface area contributed by atoms with Crippen molar-refractivity contribution in [2.24, 2.45) is 0 Å². The summed E-state index contributed by atoms with van der Waals surface area (Å²) in [5.41, 5.74) is 2.10. The third kappa shape index (κ3) is 5.62. The zero-order chi connectivity index (χ0) is 29.0. The zero-order valence-corrected chi connectivity index (χ0v) is 22.9. The third-order valence-corrected chi connectivity index (χ3v) is 6.40. The summed E-state index contributed by atoms with van der Waals surface area (Å²) in [6.45, 7) is 3.71. The van der Waals surface area contributed by atoms with Gasteiger partial charge in [-0.2, -0.15) is 0 Å². The number of hydrogen-bond acceptors (Lipinski definition) is 8. The number of halogens is 1. The van der Waals surface area contributed by atoms with Gasteiger partial charge in [-0.15, -0.1) is 0 Å². The van der Waals surface area contributed by atoms with Gasteiger partial charge in [-0.3, -0.25) is 14.4 Å². The van der Waals surface area contributed by atoms with Crippen LogP contribution in [0.2, 0.25) is 0 Å². The van der Waals surface area contributed by atoms with Gasteiger partial charge in [0.1, 0.15) is 22.2 Å². The summed E-state index contributed by atoms with van der Waals surface area (Å²) < 4.78 is 15.5. The number of imide groups is 1. The highest BCUT2D eigenvalue weighted by molar-refractivity contribution is 6.53. The van der Waals surface area contributed by atoms with Gasteiger partial charge in [0.2, 0.25) is 0 Å². The van der Waals surface area contributed by atoms with Crippen LogP contribution in [0.5, 0.6) is 11.5 Å². The Morgan fingerprint density at radius 3 is 2.40 bits per heavy atom. The van der Waals surface area contributed by atoms with E-state index in [4.69, 9.17) is 25.8 Å². The molecular formula is C29H26ClN3O7. The molecule has 3 amide bonds. The van der Waals surface area contributed by atoms with E-state index in [0.29, 0.717) is 28.3 Å². The van der Waals surface area contributed by atoms with Gasteiger partial charge in [0.25, 0.3) is 17.7 Å². The molecule has 1 aliphatic heterocycles. The Labute approximate surface area is 235 Å². The van der Waals surface area contributed by atoms with Crippen LogP contribution in [-0.4, -0.2) is 44.5 Å². The van der Waals surface area contributed by atoms with Crippen LogP contribution in [0, 0.1) is 6.92 Å². The van der Waals surface area contributed by atoms with Crippen molar-refractivity contribution >= 4 is 52.4 Å². The van der Waals surface area contributed by atoms with Crippen LogP contribution in [0.1, 0.15) is 33.2 Å². The van der Waals surface area contributed by atoms with Crippen molar-refractivity contribution in [2.75, 3.05) is 36.4 Å². The van der Waals surface area contributed by atoms with Gasteiger partial charge in [0.15, 0.2) is 0 Å². The fourth-order valence-electron chi connectivity index (χ4n) is 3.97. The smallest absolute Gasteiger partial charge is 0.338 e. The molecule has 0 saturated carbocycles. The average Bonchev–Trinajstić information content (AvgIpc) is 3.16. The number of nitrogens with one attached hydrogen (secondary N) is 2. The molecule has 4 rings (SSSR count). The molecule has 0 aromatic heterocycles. The highest BCUT2D eigenvalue weighted by atomic mass is 35.5. The SMILES string of the molecule is CCOC(=O)c1cccc(NC(=O)c2ccc(C)c(NC3=C(Cl)C(=O)N(c4ccc(OC)cc4OC)C3=O)c2)c1. The predicted molar refractivity (Wildman–Crippen MR) is 150 cm³/mol. The largest absolute Gasteiger partial charge is 0.497 e. The van der Waals surface area contributed by atoms with E-state index in [1.165, 1.54) is 32.4 Å². The van der Waals surface area contributed by atoms with Gasteiger partial charge in [0.05, 0.1) is 32.1 Å². The Morgan fingerprint density at radius 1 is 0.925 bits per heavy atom. The summed E-state index contributed by atoms with van der Waals surface area (Å²) in [4.78, 5) is 52.3. The summed E-state index contributed by atoms with van der Waals surface area (Å²) >= 11 is 6.32. The number of esters is 1. The van der Waals surface area contributed by atoms with Crippen LogP contribution in [0.25, 0.3) is 0 Å². The quantitative estimate of drug-likeness (QED) is 0.279. The maximum Gasteiger partial charge on any atom is 0.338 e. The summed E-state index contributed by atoms with van der Waals surface area (Å²) in [7, 11) is 2.89. The van der Waals surface area contributed by atoms with E-state index in [-0.39, 0.29) is 34.3 Å². The molecule has 3 aromatic rings. The zero-order valence-electron chi connectivity index (χ0n) is 22.2. The van der Waals surface area contributed by atoms with E-state index >= 15 is 0 Å². The van der Waals surface area contributed by atoms with Crippen molar-refractivity contribution in [2.45, 2.75) is 13.8 Å². The van der Waals surface area contributed by atoms with Crippen LogP contribution in [-0.2, 0) is 14.3 Å². The van der Waals surface area contributed by atoms with Crippen molar-refractivity contribution in [3.8, 4) is 11.5 Å². The first kappa shape index (κ1) is 28.2. The second-order valence-electron chi connectivity index (χ2n) is 8.58. The van der Waals surface area contributed by atoms with Crippen LogP contribution >= 0.6 is 11.6 Å². The van der Waals surface area contributed by atoms with Gasteiger partial charge in [-0.05, 0) is 61.9 Å². The normalized spacial score (nSPS) is 12.9. The van der Waals surface area contributed by atoms with Crippen LogP contribution in [0.3, 0.4) is 0 Å².